The van der Waals surface area contributed by atoms with Crippen LogP contribution >= 0.6 is 11.8 Å². The lowest BCUT2D eigenvalue weighted by Gasteiger charge is -2.38. The highest BCUT2D eigenvalue weighted by Crippen LogP contribution is 2.49. The van der Waals surface area contributed by atoms with E-state index in [2.05, 4.69) is 5.32 Å². The third-order valence-electron chi connectivity index (χ3n) is 6.67. The van der Waals surface area contributed by atoms with Gasteiger partial charge in [-0.05, 0) is 31.1 Å². The van der Waals surface area contributed by atoms with Crippen LogP contribution in [-0.2, 0) is 23.9 Å². The molecule has 10 heteroatoms. The van der Waals surface area contributed by atoms with E-state index < -0.39 is 29.6 Å². The van der Waals surface area contributed by atoms with Gasteiger partial charge in [-0.1, -0.05) is 13.8 Å². The molecule has 0 radical (unpaired) electrons. The number of dihydropyridines is 1. The van der Waals surface area contributed by atoms with Crippen molar-refractivity contribution in [1.29, 1.82) is 0 Å². The minimum Gasteiger partial charge on any atom is -0.496 e. The van der Waals surface area contributed by atoms with E-state index >= 15 is 0 Å². The van der Waals surface area contributed by atoms with Crippen LogP contribution in [0.3, 0.4) is 0 Å². The minimum atomic E-state index is -0.990. The van der Waals surface area contributed by atoms with Crippen molar-refractivity contribution in [2.45, 2.75) is 33.1 Å². The molecule has 1 aliphatic heterocycles. The van der Waals surface area contributed by atoms with Gasteiger partial charge in [0.05, 0.1) is 39.9 Å². The van der Waals surface area contributed by atoms with Crippen LogP contribution in [0.15, 0.2) is 34.7 Å². The fraction of sp³-hybridized carbons (Fsp3) is 0.519. The van der Waals surface area contributed by atoms with Crippen molar-refractivity contribution >= 4 is 29.5 Å². The fourth-order valence-corrected chi connectivity index (χ4v) is 5.45. The standard InChI is InChI=1S/C27H35NO8S/c1-8-37-10-9-36-27(31)22-15(3)28-17-11-14(2)21(26(30)35-7)25(29)24(17)23(22)16-12-19(33-5)20(34-6)13-18(16)32-4/h12-14,21,23,28H,8-11H2,1-7H3/t14-,21+,23+/m1/s1. The summed E-state index contributed by atoms with van der Waals surface area (Å²) in [6.45, 7) is 5.88. The Bertz CT molecular complexity index is 1130. The summed E-state index contributed by atoms with van der Waals surface area (Å²) in [5.74, 6) is -0.873. The number of Topliss-reactive ketones (excluding diaryl/α,β-unsaturated/α-hetero) is 1. The maximum absolute atomic E-state index is 13.9. The minimum absolute atomic E-state index is 0.228. The Morgan fingerprint density at radius 3 is 2.30 bits per heavy atom. The number of hydrogen-bond donors (Lipinski definition) is 1. The predicted molar refractivity (Wildman–Crippen MR) is 140 cm³/mol. The van der Waals surface area contributed by atoms with Crippen LogP contribution in [0.4, 0.5) is 0 Å². The van der Waals surface area contributed by atoms with Gasteiger partial charge < -0.3 is 29.0 Å². The van der Waals surface area contributed by atoms with E-state index in [0.29, 0.717) is 52.0 Å². The zero-order chi connectivity index (χ0) is 27.3. The molecular weight excluding hydrogens is 498 g/mol. The van der Waals surface area contributed by atoms with Crippen molar-refractivity contribution in [3.63, 3.8) is 0 Å². The maximum atomic E-state index is 13.9. The largest absolute Gasteiger partial charge is 0.496 e. The van der Waals surface area contributed by atoms with Crippen molar-refractivity contribution in [2.75, 3.05) is 46.6 Å². The molecule has 0 fully saturated rings. The highest BCUT2D eigenvalue weighted by atomic mass is 32.2. The molecule has 1 heterocycles. The summed E-state index contributed by atoms with van der Waals surface area (Å²) < 4.78 is 27.3. The summed E-state index contributed by atoms with van der Waals surface area (Å²) >= 11 is 1.66. The Morgan fingerprint density at radius 1 is 1.05 bits per heavy atom. The first-order chi connectivity index (χ1) is 17.7. The molecule has 3 atom stereocenters. The van der Waals surface area contributed by atoms with Crippen molar-refractivity contribution < 1.29 is 38.1 Å². The lowest BCUT2D eigenvalue weighted by Crippen LogP contribution is -2.43. The lowest BCUT2D eigenvalue weighted by atomic mass is 9.69. The van der Waals surface area contributed by atoms with Gasteiger partial charge in [-0.2, -0.15) is 11.8 Å². The van der Waals surface area contributed by atoms with Crippen LogP contribution in [0.5, 0.6) is 17.2 Å². The Labute approximate surface area is 221 Å². The van der Waals surface area contributed by atoms with Gasteiger partial charge in [-0.25, -0.2) is 4.79 Å². The molecule has 37 heavy (non-hydrogen) atoms. The molecular formula is C27H35NO8S. The normalized spacial score (nSPS) is 21.2. The van der Waals surface area contributed by atoms with Crippen molar-refractivity contribution in [3.8, 4) is 17.2 Å². The van der Waals surface area contributed by atoms with Gasteiger partial charge in [0, 0.05) is 34.3 Å². The average Bonchev–Trinajstić information content (AvgIpc) is 2.89. The SMILES string of the molecule is CCSCCOC(=O)C1=C(C)NC2=C(C(=O)[C@@H](C(=O)OC)[C@H](C)C2)[C@H]1c1cc(OC)c(OC)cc1OC. The second kappa shape index (κ2) is 12.4. The van der Waals surface area contributed by atoms with Gasteiger partial charge in [-0.3, -0.25) is 9.59 Å². The number of rotatable bonds is 10. The smallest absolute Gasteiger partial charge is 0.336 e. The molecule has 1 aliphatic carbocycles. The van der Waals surface area contributed by atoms with Crippen LogP contribution in [0, 0.1) is 11.8 Å². The topological polar surface area (TPSA) is 109 Å². The van der Waals surface area contributed by atoms with Crippen molar-refractivity contribution in [1.82, 2.24) is 5.32 Å². The van der Waals surface area contributed by atoms with Crippen LogP contribution in [-0.4, -0.2) is 64.3 Å². The number of esters is 2. The first-order valence-electron chi connectivity index (χ1n) is 12.1. The van der Waals surface area contributed by atoms with E-state index in [9.17, 15) is 14.4 Å². The number of nitrogens with one attached hydrogen (secondary N) is 1. The second-order valence-electron chi connectivity index (χ2n) is 8.82. The number of ketones is 1. The molecule has 202 valence electrons. The molecule has 0 bridgehead atoms. The number of allylic oxidation sites excluding steroid dienone is 3. The van der Waals surface area contributed by atoms with E-state index in [1.54, 1.807) is 30.8 Å². The molecule has 0 aromatic heterocycles. The van der Waals surface area contributed by atoms with E-state index in [4.69, 9.17) is 23.7 Å². The van der Waals surface area contributed by atoms with Crippen molar-refractivity contribution in [3.05, 3.63) is 40.2 Å². The Balaban J connectivity index is 2.23. The zero-order valence-corrected chi connectivity index (χ0v) is 23.2. The van der Waals surface area contributed by atoms with Gasteiger partial charge in [0.2, 0.25) is 0 Å². The third kappa shape index (κ3) is 5.58. The molecule has 0 saturated heterocycles. The van der Waals surface area contributed by atoms with E-state index in [1.807, 2.05) is 13.8 Å². The fourth-order valence-electron chi connectivity index (χ4n) is 4.96. The van der Waals surface area contributed by atoms with Gasteiger partial charge in [0.1, 0.15) is 18.3 Å². The van der Waals surface area contributed by atoms with Gasteiger partial charge >= 0.3 is 11.9 Å². The summed E-state index contributed by atoms with van der Waals surface area (Å²) in [6.07, 6.45) is 0.430. The highest BCUT2D eigenvalue weighted by molar-refractivity contribution is 7.99. The molecule has 1 aromatic rings. The summed E-state index contributed by atoms with van der Waals surface area (Å²) in [6, 6.07) is 3.35. The van der Waals surface area contributed by atoms with Gasteiger partial charge in [0.25, 0.3) is 0 Å². The summed E-state index contributed by atoms with van der Waals surface area (Å²) in [5, 5.41) is 3.26. The van der Waals surface area contributed by atoms with E-state index in [-0.39, 0.29) is 18.1 Å². The van der Waals surface area contributed by atoms with Crippen LogP contribution < -0.4 is 19.5 Å². The van der Waals surface area contributed by atoms with Gasteiger partial charge in [0.15, 0.2) is 17.3 Å². The third-order valence-corrected chi connectivity index (χ3v) is 7.54. The molecule has 1 aromatic carbocycles. The number of benzene rings is 1. The monoisotopic (exact) mass is 533 g/mol. The second-order valence-corrected chi connectivity index (χ2v) is 10.2. The number of hydrogen-bond acceptors (Lipinski definition) is 10. The Morgan fingerprint density at radius 2 is 1.70 bits per heavy atom. The molecule has 9 nitrogen and oxygen atoms in total. The van der Waals surface area contributed by atoms with Crippen molar-refractivity contribution in [2.24, 2.45) is 11.8 Å². The number of thioether (sulfide) groups is 1. The average molecular weight is 534 g/mol. The van der Waals surface area contributed by atoms with E-state index in [0.717, 1.165) is 5.75 Å². The molecule has 2 aliphatic rings. The van der Waals surface area contributed by atoms with Crippen LogP contribution in [0.2, 0.25) is 0 Å². The quantitative estimate of drug-likeness (QED) is 0.272. The van der Waals surface area contributed by atoms with Crippen LogP contribution in [0.1, 0.15) is 38.7 Å². The zero-order valence-electron chi connectivity index (χ0n) is 22.4. The summed E-state index contributed by atoms with van der Waals surface area (Å²) in [7, 11) is 5.78. The number of carbonyl (C=O) groups excluding carboxylic acids is 3. The molecule has 0 saturated carbocycles. The molecule has 0 amide bonds. The van der Waals surface area contributed by atoms with E-state index in [1.165, 1.54) is 28.4 Å². The number of methoxy groups -OCH3 is 4. The summed E-state index contributed by atoms with van der Waals surface area (Å²) in [5.41, 5.74) is 2.35. The predicted octanol–water partition coefficient (Wildman–Crippen LogP) is 3.62. The first-order valence-corrected chi connectivity index (χ1v) is 13.3. The highest BCUT2D eigenvalue weighted by Gasteiger charge is 2.48. The maximum Gasteiger partial charge on any atom is 0.336 e. The van der Waals surface area contributed by atoms with Gasteiger partial charge in [-0.15, -0.1) is 0 Å². The molecule has 1 N–H and O–H groups in total. The summed E-state index contributed by atoms with van der Waals surface area (Å²) in [4.78, 5) is 40.1. The Kier molecular flexibility index (Phi) is 9.53. The molecule has 0 unspecified atom stereocenters. The molecule has 0 spiro atoms. The first kappa shape index (κ1) is 28.4. The lowest BCUT2D eigenvalue weighted by molar-refractivity contribution is -0.151. The molecule has 3 rings (SSSR count). The Hall–Kier alpha value is -3.14. The van der Waals surface area contributed by atoms with Crippen LogP contribution in [0.25, 0.3) is 0 Å². The number of carbonyl (C=O) groups is 3. The number of ether oxygens (including phenoxy) is 5.